The first-order valence-electron chi connectivity index (χ1n) is 9.57. The Labute approximate surface area is 168 Å². The van der Waals surface area contributed by atoms with E-state index >= 15 is 0 Å². The number of aryl methyl sites for hydroxylation is 1. The monoisotopic (exact) mass is 403 g/mol. The Hall–Kier alpha value is -3.23. The van der Waals surface area contributed by atoms with E-state index in [1.54, 1.807) is 31.2 Å². The highest BCUT2D eigenvalue weighted by molar-refractivity contribution is 6.02. The van der Waals surface area contributed by atoms with Crippen molar-refractivity contribution in [1.29, 1.82) is 0 Å². The predicted octanol–water partition coefficient (Wildman–Crippen LogP) is 1.42. The smallest absolute Gasteiger partial charge is 0.359 e. The average Bonchev–Trinajstić information content (AvgIpc) is 2.72. The minimum atomic E-state index is -0.785. The van der Waals surface area contributed by atoms with Crippen LogP contribution in [0.3, 0.4) is 0 Å². The van der Waals surface area contributed by atoms with Gasteiger partial charge in [0.25, 0.3) is 11.5 Å². The largest absolute Gasteiger partial charge is 0.466 e. The molecule has 9 nitrogen and oxygen atoms in total. The number of carbonyl (C=O) groups is 3. The molecule has 1 aromatic heterocycles. The van der Waals surface area contributed by atoms with Gasteiger partial charge in [-0.1, -0.05) is 25.1 Å². The second kappa shape index (κ2) is 10.9. The maximum absolute atomic E-state index is 12.5. The molecular weight excluding hydrogens is 378 g/mol. The van der Waals surface area contributed by atoms with E-state index in [-0.39, 0.29) is 30.2 Å². The second-order valence-corrected chi connectivity index (χ2v) is 6.26. The topological polar surface area (TPSA) is 117 Å². The lowest BCUT2D eigenvalue weighted by Crippen LogP contribution is -2.31. The molecule has 0 saturated heterocycles. The zero-order valence-electron chi connectivity index (χ0n) is 16.6. The molecule has 0 aliphatic heterocycles. The molecule has 1 aromatic carbocycles. The first-order chi connectivity index (χ1) is 14.0. The van der Waals surface area contributed by atoms with Crippen LogP contribution >= 0.6 is 0 Å². The molecule has 0 radical (unpaired) electrons. The number of ether oxygens (including phenoxy) is 2. The Morgan fingerprint density at radius 3 is 2.52 bits per heavy atom. The summed E-state index contributed by atoms with van der Waals surface area (Å²) < 4.78 is 11.1. The number of aromatic nitrogens is 2. The van der Waals surface area contributed by atoms with Crippen molar-refractivity contribution < 1.29 is 23.9 Å². The van der Waals surface area contributed by atoms with Crippen LogP contribution in [-0.4, -0.2) is 47.4 Å². The van der Waals surface area contributed by atoms with E-state index in [2.05, 4.69) is 10.4 Å². The van der Waals surface area contributed by atoms with Gasteiger partial charge in [0, 0.05) is 24.9 Å². The molecular formula is C20H25N3O6. The molecule has 1 N–H and O–H groups in total. The van der Waals surface area contributed by atoms with Gasteiger partial charge in [-0.3, -0.25) is 14.4 Å². The van der Waals surface area contributed by atoms with Crippen LogP contribution < -0.4 is 10.9 Å². The minimum absolute atomic E-state index is 0.0104. The lowest BCUT2D eigenvalue weighted by Gasteiger charge is -2.10. The van der Waals surface area contributed by atoms with Crippen LogP contribution in [0.1, 0.15) is 43.6 Å². The van der Waals surface area contributed by atoms with Crippen molar-refractivity contribution >= 4 is 28.6 Å². The first-order valence-corrected chi connectivity index (χ1v) is 9.57. The van der Waals surface area contributed by atoms with Gasteiger partial charge in [-0.2, -0.15) is 5.10 Å². The van der Waals surface area contributed by atoms with Crippen LogP contribution in [0, 0.1) is 0 Å². The van der Waals surface area contributed by atoms with Gasteiger partial charge in [0.15, 0.2) is 12.3 Å². The zero-order valence-corrected chi connectivity index (χ0v) is 16.6. The van der Waals surface area contributed by atoms with Crippen molar-refractivity contribution in [2.24, 2.45) is 0 Å². The number of carbonyl (C=O) groups excluding carboxylic acids is 3. The molecule has 0 spiro atoms. The molecule has 0 fully saturated rings. The fourth-order valence-electron chi connectivity index (χ4n) is 2.69. The van der Waals surface area contributed by atoms with Gasteiger partial charge in [0.05, 0.1) is 12.0 Å². The number of rotatable bonds is 10. The Kier molecular flexibility index (Phi) is 8.32. The Balaban J connectivity index is 1.98. The van der Waals surface area contributed by atoms with Crippen LogP contribution in [-0.2, 0) is 25.6 Å². The SMILES string of the molecule is CCCn1nc(C(=O)OCC(=O)NCCCC(=O)OCC)c2ccccc2c1=O. The van der Waals surface area contributed by atoms with Gasteiger partial charge < -0.3 is 14.8 Å². The van der Waals surface area contributed by atoms with E-state index in [1.165, 1.54) is 4.68 Å². The van der Waals surface area contributed by atoms with Crippen molar-refractivity contribution in [2.75, 3.05) is 19.8 Å². The van der Waals surface area contributed by atoms with E-state index in [4.69, 9.17) is 9.47 Å². The van der Waals surface area contributed by atoms with E-state index in [0.29, 0.717) is 36.8 Å². The van der Waals surface area contributed by atoms with Crippen molar-refractivity contribution in [3.8, 4) is 0 Å². The van der Waals surface area contributed by atoms with Gasteiger partial charge in [0.1, 0.15) is 0 Å². The second-order valence-electron chi connectivity index (χ2n) is 6.26. The number of hydrogen-bond donors (Lipinski definition) is 1. The summed E-state index contributed by atoms with van der Waals surface area (Å²) >= 11 is 0. The molecule has 2 aromatic rings. The summed E-state index contributed by atoms with van der Waals surface area (Å²) in [6.07, 6.45) is 1.30. The number of nitrogens with zero attached hydrogens (tertiary/aromatic N) is 2. The highest BCUT2D eigenvalue weighted by Crippen LogP contribution is 2.14. The van der Waals surface area contributed by atoms with E-state index < -0.39 is 18.5 Å². The Morgan fingerprint density at radius 1 is 1.10 bits per heavy atom. The third-order valence-corrected chi connectivity index (χ3v) is 4.02. The summed E-state index contributed by atoms with van der Waals surface area (Å²) in [6, 6.07) is 6.64. The molecule has 9 heteroatoms. The highest BCUT2D eigenvalue weighted by atomic mass is 16.5. The molecule has 0 unspecified atom stereocenters. The van der Waals surface area contributed by atoms with Crippen molar-refractivity contribution in [3.05, 3.63) is 40.3 Å². The van der Waals surface area contributed by atoms with E-state index in [9.17, 15) is 19.2 Å². The fraction of sp³-hybridized carbons (Fsp3) is 0.450. The van der Waals surface area contributed by atoms with E-state index in [0.717, 1.165) is 0 Å². The molecule has 1 amide bonds. The van der Waals surface area contributed by atoms with Gasteiger partial charge in [-0.05, 0) is 25.8 Å². The Bertz CT molecular complexity index is 937. The number of benzene rings is 1. The van der Waals surface area contributed by atoms with Crippen LogP contribution in [0.4, 0.5) is 0 Å². The summed E-state index contributed by atoms with van der Waals surface area (Å²) in [5.41, 5.74) is -0.290. The zero-order chi connectivity index (χ0) is 21.2. The standard InChI is InChI=1S/C20H25N3O6/c1-3-12-23-19(26)15-9-6-5-8-14(15)18(22-23)20(27)29-13-16(24)21-11-7-10-17(25)28-4-2/h5-6,8-9H,3-4,7,10-13H2,1-2H3,(H,21,24). The maximum Gasteiger partial charge on any atom is 0.359 e. The number of hydrogen-bond acceptors (Lipinski definition) is 7. The van der Waals surface area contributed by atoms with Crippen LogP contribution in [0.2, 0.25) is 0 Å². The third kappa shape index (κ3) is 6.13. The summed E-state index contributed by atoms with van der Waals surface area (Å²) in [4.78, 5) is 48.0. The molecule has 2 rings (SSSR count). The van der Waals surface area contributed by atoms with Gasteiger partial charge >= 0.3 is 11.9 Å². The molecule has 29 heavy (non-hydrogen) atoms. The molecule has 0 aliphatic carbocycles. The molecule has 0 aliphatic rings. The summed E-state index contributed by atoms with van der Waals surface area (Å²) in [6.45, 7) is 4.08. The maximum atomic E-state index is 12.5. The van der Waals surface area contributed by atoms with Crippen molar-refractivity contribution in [2.45, 2.75) is 39.7 Å². The average molecular weight is 403 g/mol. The van der Waals surface area contributed by atoms with Crippen molar-refractivity contribution in [1.82, 2.24) is 15.1 Å². The highest BCUT2D eigenvalue weighted by Gasteiger charge is 2.18. The molecule has 0 bridgehead atoms. The number of nitrogens with one attached hydrogen (secondary N) is 1. The summed E-state index contributed by atoms with van der Waals surface area (Å²) in [5.74, 6) is -1.60. The van der Waals surface area contributed by atoms with Gasteiger partial charge in [-0.15, -0.1) is 0 Å². The normalized spacial score (nSPS) is 10.6. The lowest BCUT2D eigenvalue weighted by molar-refractivity contribution is -0.143. The van der Waals surface area contributed by atoms with Crippen LogP contribution in [0.5, 0.6) is 0 Å². The molecule has 0 saturated carbocycles. The van der Waals surface area contributed by atoms with Crippen LogP contribution in [0.15, 0.2) is 29.1 Å². The Morgan fingerprint density at radius 2 is 1.83 bits per heavy atom. The molecule has 156 valence electrons. The fourth-order valence-corrected chi connectivity index (χ4v) is 2.69. The predicted molar refractivity (Wildman–Crippen MR) is 105 cm³/mol. The number of esters is 2. The van der Waals surface area contributed by atoms with Crippen molar-refractivity contribution in [3.63, 3.8) is 0 Å². The molecule has 1 heterocycles. The van der Waals surface area contributed by atoms with Gasteiger partial charge in [0.2, 0.25) is 0 Å². The number of amides is 1. The summed E-state index contributed by atoms with van der Waals surface area (Å²) in [7, 11) is 0. The quantitative estimate of drug-likeness (QED) is 0.471. The third-order valence-electron chi connectivity index (χ3n) is 4.02. The minimum Gasteiger partial charge on any atom is -0.466 e. The number of fused-ring (bicyclic) bond motifs is 1. The van der Waals surface area contributed by atoms with E-state index in [1.807, 2.05) is 6.92 Å². The lowest BCUT2D eigenvalue weighted by atomic mass is 10.1. The van der Waals surface area contributed by atoms with Crippen LogP contribution in [0.25, 0.3) is 10.8 Å². The van der Waals surface area contributed by atoms with Gasteiger partial charge in [-0.25, -0.2) is 9.48 Å². The first kappa shape index (κ1) is 22.1. The molecule has 0 atom stereocenters. The summed E-state index contributed by atoms with van der Waals surface area (Å²) in [5, 5.41) is 7.44.